The van der Waals surface area contributed by atoms with Crippen molar-refractivity contribution in [2.24, 2.45) is 0 Å². The summed E-state index contributed by atoms with van der Waals surface area (Å²) < 4.78 is 11.0. The van der Waals surface area contributed by atoms with E-state index in [0.717, 1.165) is 11.1 Å². The van der Waals surface area contributed by atoms with Crippen LogP contribution in [0.1, 0.15) is 6.92 Å². The van der Waals surface area contributed by atoms with Gasteiger partial charge in [-0.15, -0.1) is 0 Å². The predicted molar refractivity (Wildman–Crippen MR) is 128 cm³/mol. The Morgan fingerprint density at radius 2 is 1.38 bits per heavy atom. The van der Waals surface area contributed by atoms with Crippen LogP contribution in [0.3, 0.4) is 0 Å². The Kier molecular flexibility index (Phi) is 7.33. The van der Waals surface area contributed by atoms with Crippen molar-refractivity contribution in [3.8, 4) is 57.7 Å². The predicted octanol–water partition coefficient (Wildman–Crippen LogP) is 4.70. The van der Waals surface area contributed by atoms with Gasteiger partial charge in [0.15, 0.2) is 17.5 Å². The molecule has 0 radical (unpaired) electrons. The number of hydrogen-bond acceptors (Lipinski definition) is 7. The Hall–Kier alpha value is -4.41. The van der Waals surface area contributed by atoms with Gasteiger partial charge in [0.2, 0.25) is 0 Å². The zero-order valence-corrected chi connectivity index (χ0v) is 18.5. The fraction of sp³-hybridized carbons (Fsp3) is 0.148. The summed E-state index contributed by atoms with van der Waals surface area (Å²) in [5, 5.41) is 19.3. The summed E-state index contributed by atoms with van der Waals surface area (Å²) in [6, 6.07) is 24.2. The normalized spacial score (nSPS) is 11.3. The van der Waals surface area contributed by atoms with Crippen molar-refractivity contribution >= 4 is 0 Å². The number of aromatic nitrogens is 3. The van der Waals surface area contributed by atoms with Crippen molar-refractivity contribution < 1.29 is 19.7 Å². The number of ether oxygens (including phenoxy) is 2. The molecule has 4 rings (SSSR count). The van der Waals surface area contributed by atoms with E-state index in [-0.39, 0.29) is 19.0 Å². The van der Waals surface area contributed by atoms with E-state index in [0.29, 0.717) is 28.8 Å². The number of phenols is 1. The van der Waals surface area contributed by atoms with E-state index in [2.05, 4.69) is 20.9 Å². The molecule has 0 aliphatic heterocycles. The minimum atomic E-state index is -0.397. The van der Waals surface area contributed by atoms with Crippen LogP contribution < -0.4 is 4.74 Å². The van der Waals surface area contributed by atoms with Gasteiger partial charge in [0.25, 0.3) is 0 Å². The number of aliphatic hydroxyl groups excluding tert-OH is 1. The first-order chi connectivity index (χ1) is 16.6. The monoisotopic (exact) mass is 453 g/mol. The Labute approximate surface area is 197 Å². The van der Waals surface area contributed by atoms with Gasteiger partial charge in [-0.25, -0.2) is 15.0 Å². The fourth-order valence-corrected chi connectivity index (χ4v) is 3.24. The van der Waals surface area contributed by atoms with Crippen molar-refractivity contribution in [3.63, 3.8) is 0 Å². The van der Waals surface area contributed by atoms with E-state index in [1.54, 1.807) is 19.1 Å². The van der Waals surface area contributed by atoms with Gasteiger partial charge in [-0.2, -0.15) is 0 Å². The lowest BCUT2D eigenvalue weighted by atomic mass is 10.1. The third kappa shape index (κ3) is 5.68. The molecule has 1 atom stereocenters. The summed E-state index contributed by atoms with van der Waals surface area (Å²) >= 11 is 0. The Morgan fingerprint density at radius 1 is 0.794 bits per heavy atom. The summed E-state index contributed by atoms with van der Waals surface area (Å²) in [5.74, 6) is 4.33. The standard InChI is InChI=1S/C27H23N3O4/c1-19(14-15-31)33-16-17-34-22-12-13-23(24(32)18-22)27-29-25(20-8-4-2-5-9-20)28-26(30-27)21-10-6-3-7-11-21/h2-13,18-19,31-32H,16-17H2,1H3. The first kappa shape index (κ1) is 22.8. The van der Waals surface area contributed by atoms with Gasteiger partial charge in [-0.05, 0) is 25.0 Å². The maximum Gasteiger partial charge on any atom is 0.167 e. The van der Waals surface area contributed by atoms with Crippen LogP contribution in [0.5, 0.6) is 11.5 Å². The molecule has 1 unspecified atom stereocenters. The largest absolute Gasteiger partial charge is 0.507 e. The topological polar surface area (TPSA) is 97.6 Å². The molecule has 3 aromatic carbocycles. The molecule has 0 aliphatic carbocycles. The van der Waals surface area contributed by atoms with Gasteiger partial charge >= 0.3 is 0 Å². The first-order valence-corrected chi connectivity index (χ1v) is 10.7. The maximum absolute atomic E-state index is 10.7. The van der Waals surface area contributed by atoms with E-state index in [9.17, 15) is 5.11 Å². The minimum Gasteiger partial charge on any atom is -0.507 e. The third-order valence-electron chi connectivity index (χ3n) is 4.90. The van der Waals surface area contributed by atoms with Crippen LogP contribution in [-0.4, -0.2) is 44.5 Å². The molecule has 0 bridgehead atoms. The Morgan fingerprint density at radius 3 is 1.94 bits per heavy atom. The van der Waals surface area contributed by atoms with Crippen LogP contribution in [0.2, 0.25) is 0 Å². The quantitative estimate of drug-likeness (QED) is 0.295. The number of aliphatic hydroxyl groups is 1. The third-order valence-corrected chi connectivity index (χ3v) is 4.90. The Bertz CT molecular complexity index is 1240. The number of nitrogens with zero attached hydrogens (tertiary/aromatic N) is 3. The van der Waals surface area contributed by atoms with E-state index in [4.69, 9.17) is 14.6 Å². The maximum atomic E-state index is 10.7. The summed E-state index contributed by atoms with van der Waals surface area (Å²) in [5.41, 5.74) is 2.16. The number of phenolic OH excluding ortho intramolecular Hbond substituents is 1. The Balaban J connectivity index is 1.61. The van der Waals surface area contributed by atoms with Crippen LogP contribution in [0.4, 0.5) is 0 Å². The first-order valence-electron chi connectivity index (χ1n) is 10.7. The minimum absolute atomic E-state index is 0.0119. The fourth-order valence-electron chi connectivity index (χ4n) is 3.24. The van der Waals surface area contributed by atoms with Crippen LogP contribution in [0.15, 0.2) is 78.9 Å². The smallest absolute Gasteiger partial charge is 0.167 e. The molecule has 170 valence electrons. The number of benzene rings is 3. The number of aromatic hydroxyl groups is 1. The van der Waals surface area contributed by atoms with E-state index in [1.807, 2.05) is 66.8 Å². The highest BCUT2D eigenvalue weighted by Crippen LogP contribution is 2.32. The van der Waals surface area contributed by atoms with Crippen LogP contribution in [0, 0.1) is 12.0 Å². The van der Waals surface area contributed by atoms with Gasteiger partial charge in [-0.3, -0.25) is 0 Å². The average Bonchev–Trinajstić information content (AvgIpc) is 2.88. The van der Waals surface area contributed by atoms with Crippen molar-refractivity contribution in [1.82, 2.24) is 15.0 Å². The molecule has 7 nitrogen and oxygen atoms in total. The highest BCUT2D eigenvalue weighted by Gasteiger charge is 2.15. The highest BCUT2D eigenvalue weighted by molar-refractivity contribution is 5.70. The van der Waals surface area contributed by atoms with E-state index >= 15 is 0 Å². The number of hydrogen-bond donors (Lipinski definition) is 2. The van der Waals surface area contributed by atoms with Crippen molar-refractivity contribution in [2.45, 2.75) is 13.0 Å². The van der Waals surface area contributed by atoms with Crippen molar-refractivity contribution in [1.29, 1.82) is 0 Å². The second-order valence-corrected chi connectivity index (χ2v) is 7.33. The molecule has 0 amide bonds. The lowest BCUT2D eigenvalue weighted by molar-refractivity contribution is 0.0750. The SMILES string of the molecule is CC(C#CO)OCCOc1ccc(-c2nc(-c3ccccc3)nc(-c3ccccc3)n2)c(O)c1. The van der Waals surface area contributed by atoms with E-state index < -0.39 is 6.10 Å². The molecule has 34 heavy (non-hydrogen) atoms. The average molecular weight is 453 g/mol. The molecule has 0 aliphatic rings. The highest BCUT2D eigenvalue weighted by atomic mass is 16.5. The molecular formula is C27H23N3O4. The van der Waals surface area contributed by atoms with Crippen LogP contribution >= 0.6 is 0 Å². The summed E-state index contributed by atoms with van der Waals surface area (Å²) in [7, 11) is 0. The van der Waals surface area contributed by atoms with Crippen LogP contribution in [0.25, 0.3) is 34.2 Å². The zero-order valence-electron chi connectivity index (χ0n) is 18.5. The molecule has 2 N–H and O–H groups in total. The lowest BCUT2D eigenvalue weighted by Crippen LogP contribution is -2.12. The lowest BCUT2D eigenvalue weighted by Gasteiger charge is -2.11. The molecule has 1 heterocycles. The van der Waals surface area contributed by atoms with E-state index in [1.165, 1.54) is 6.07 Å². The van der Waals surface area contributed by atoms with Gasteiger partial charge in [-0.1, -0.05) is 60.7 Å². The summed E-state index contributed by atoms with van der Waals surface area (Å²) in [6.07, 6.45) is 1.42. The number of rotatable bonds is 8. The molecule has 0 saturated carbocycles. The van der Waals surface area contributed by atoms with Gasteiger partial charge in [0, 0.05) is 17.2 Å². The molecule has 0 spiro atoms. The second kappa shape index (κ2) is 10.9. The summed E-state index contributed by atoms with van der Waals surface area (Å²) in [6.45, 7) is 2.27. The van der Waals surface area contributed by atoms with Gasteiger partial charge in [0.05, 0.1) is 12.2 Å². The van der Waals surface area contributed by atoms with Crippen LogP contribution in [-0.2, 0) is 4.74 Å². The molecule has 4 aromatic rings. The zero-order chi connectivity index (χ0) is 23.8. The summed E-state index contributed by atoms with van der Waals surface area (Å²) in [4.78, 5) is 13.9. The molecule has 7 heteroatoms. The molecule has 1 aromatic heterocycles. The molecule has 0 saturated heterocycles. The van der Waals surface area contributed by atoms with Gasteiger partial charge in [0.1, 0.15) is 30.3 Å². The molecule has 0 fully saturated rings. The van der Waals surface area contributed by atoms with Crippen molar-refractivity contribution in [3.05, 3.63) is 78.9 Å². The van der Waals surface area contributed by atoms with Crippen molar-refractivity contribution in [2.75, 3.05) is 13.2 Å². The molecular weight excluding hydrogens is 430 g/mol. The van der Waals surface area contributed by atoms with Gasteiger partial charge < -0.3 is 19.7 Å². The second-order valence-electron chi connectivity index (χ2n) is 7.33.